The smallest absolute Gasteiger partial charge is 0.227 e. The molecule has 6 heteroatoms. The minimum absolute atomic E-state index is 0.0448. The second-order valence-corrected chi connectivity index (χ2v) is 7.35. The third kappa shape index (κ3) is 4.00. The van der Waals surface area contributed by atoms with Crippen LogP contribution >= 0.6 is 11.6 Å². The van der Waals surface area contributed by atoms with Crippen LogP contribution in [0.3, 0.4) is 0 Å². The molecule has 4 rings (SSSR count). The summed E-state index contributed by atoms with van der Waals surface area (Å²) >= 11 is 6.23. The van der Waals surface area contributed by atoms with E-state index in [1.807, 2.05) is 54.6 Å². The van der Waals surface area contributed by atoms with Crippen molar-refractivity contribution in [3.05, 3.63) is 77.3 Å². The zero-order valence-corrected chi connectivity index (χ0v) is 16.7. The minimum Gasteiger partial charge on any atom is -0.493 e. The van der Waals surface area contributed by atoms with Crippen molar-refractivity contribution in [2.75, 3.05) is 24.3 Å². The summed E-state index contributed by atoms with van der Waals surface area (Å²) in [7, 11) is 1.59. The Labute approximate surface area is 174 Å². The Morgan fingerprint density at radius 1 is 1.00 bits per heavy atom. The average Bonchev–Trinajstić information content (AvgIpc) is 3.11. The number of nitrogens with zero attached hydrogens (tertiary/aromatic N) is 1. The molecule has 2 N–H and O–H groups in total. The molecule has 1 heterocycles. The van der Waals surface area contributed by atoms with E-state index in [1.54, 1.807) is 24.1 Å². The van der Waals surface area contributed by atoms with E-state index in [9.17, 15) is 4.79 Å². The largest absolute Gasteiger partial charge is 0.493 e. The summed E-state index contributed by atoms with van der Waals surface area (Å²) in [5.41, 5.74) is 8.34. The van der Waals surface area contributed by atoms with E-state index >= 15 is 0 Å². The normalized spacial score (nSPS) is 16.1. The molecule has 3 aromatic rings. The molecule has 0 radical (unpaired) electrons. The molecule has 0 spiro atoms. The molecule has 1 atom stereocenters. The van der Waals surface area contributed by atoms with E-state index in [0.29, 0.717) is 40.9 Å². The van der Waals surface area contributed by atoms with Crippen molar-refractivity contribution in [2.45, 2.75) is 12.3 Å². The van der Waals surface area contributed by atoms with Crippen LogP contribution in [0.4, 0.5) is 11.4 Å². The van der Waals surface area contributed by atoms with Crippen LogP contribution in [0.1, 0.15) is 17.9 Å². The summed E-state index contributed by atoms with van der Waals surface area (Å²) in [5, 5.41) is 0.517. The minimum atomic E-state index is 0.0448. The predicted molar refractivity (Wildman–Crippen MR) is 115 cm³/mol. The van der Waals surface area contributed by atoms with Gasteiger partial charge in [-0.3, -0.25) is 4.79 Å². The van der Waals surface area contributed by atoms with Crippen LogP contribution in [-0.4, -0.2) is 19.6 Å². The Hall–Kier alpha value is -3.18. The molecule has 1 amide bonds. The second-order valence-electron chi connectivity index (χ2n) is 6.94. The van der Waals surface area contributed by atoms with Gasteiger partial charge in [-0.15, -0.1) is 0 Å². The molecule has 0 aromatic heterocycles. The number of hydrogen-bond acceptors (Lipinski definition) is 4. The maximum atomic E-state index is 12.6. The van der Waals surface area contributed by atoms with E-state index in [1.165, 1.54) is 0 Å². The van der Waals surface area contributed by atoms with Crippen LogP contribution in [0, 0.1) is 0 Å². The van der Waals surface area contributed by atoms with Crippen molar-refractivity contribution in [2.24, 2.45) is 0 Å². The number of benzene rings is 3. The lowest BCUT2D eigenvalue weighted by molar-refractivity contribution is -0.117. The van der Waals surface area contributed by atoms with Crippen LogP contribution in [0.5, 0.6) is 17.2 Å². The van der Waals surface area contributed by atoms with Crippen molar-refractivity contribution >= 4 is 28.9 Å². The first-order valence-electron chi connectivity index (χ1n) is 9.31. The first-order valence-corrected chi connectivity index (χ1v) is 9.69. The van der Waals surface area contributed by atoms with E-state index in [-0.39, 0.29) is 11.8 Å². The summed E-state index contributed by atoms with van der Waals surface area (Å²) in [5.74, 6) is 1.83. The topological polar surface area (TPSA) is 64.8 Å². The number of anilines is 2. The average molecular weight is 409 g/mol. The Morgan fingerprint density at radius 3 is 2.59 bits per heavy atom. The van der Waals surface area contributed by atoms with E-state index < -0.39 is 0 Å². The molecule has 0 aliphatic carbocycles. The number of carbonyl (C=O) groups excluding carboxylic acids is 1. The zero-order chi connectivity index (χ0) is 20.4. The molecule has 0 bridgehead atoms. The van der Waals surface area contributed by atoms with Crippen molar-refractivity contribution in [3.8, 4) is 17.2 Å². The Bertz CT molecular complexity index is 1050. The first-order chi connectivity index (χ1) is 14.0. The van der Waals surface area contributed by atoms with Gasteiger partial charge in [-0.1, -0.05) is 35.9 Å². The fourth-order valence-corrected chi connectivity index (χ4v) is 3.72. The first kappa shape index (κ1) is 19.2. The summed E-state index contributed by atoms with van der Waals surface area (Å²) in [6.07, 6.45) is 0.423. The van der Waals surface area contributed by atoms with Gasteiger partial charge in [0.15, 0.2) is 11.5 Å². The summed E-state index contributed by atoms with van der Waals surface area (Å²) < 4.78 is 11.5. The van der Waals surface area contributed by atoms with Gasteiger partial charge in [0.05, 0.1) is 12.1 Å². The number of hydrogen-bond donors (Lipinski definition) is 1. The van der Waals surface area contributed by atoms with Gasteiger partial charge in [-0.2, -0.15) is 0 Å². The van der Waals surface area contributed by atoms with E-state index in [0.717, 1.165) is 11.3 Å². The Kier molecular flexibility index (Phi) is 5.32. The molecule has 0 saturated carbocycles. The van der Waals surface area contributed by atoms with Gasteiger partial charge >= 0.3 is 0 Å². The number of nitrogens with two attached hydrogens (primary N) is 1. The predicted octanol–water partition coefficient (Wildman–Crippen LogP) is 5.24. The number of ether oxygens (including phenoxy) is 2. The summed E-state index contributed by atoms with van der Waals surface area (Å²) in [6.45, 7) is 0.583. The van der Waals surface area contributed by atoms with E-state index in [2.05, 4.69) is 0 Å². The van der Waals surface area contributed by atoms with Crippen LogP contribution in [0.2, 0.25) is 5.02 Å². The van der Waals surface area contributed by atoms with Gasteiger partial charge in [0.25, 0.3) is 0 Å². The van der Waals surface area contributed by atoms with Gasteiger partial charge in [-0.05, 0) is 48.0 Å². The molecule has 3 aromatic carbocycles. The number of halogens is 1. The molecule has 1 aliphatic rings. The van der Waals surface area contributed by atoms with Gasteiger partial charge < -0.3 is 20.1 Å². The molecule has 1 fully saturated rings. The lowest BCUT2D eigenvalue weighted by Crippen LogP contribution is -2.24. The third-order valence-corrected chi connectivity index (χ3v) is 5.33. The summed E-state index contributed by atoms with van der Waals surface area (Å²) in [4.78, 5) is 14.4. The fourth-order valence-electron chi connectivity index (χ4n) is 3.55. The van der Waals surface area contributed by atoms with Gasteiger partial charge in [0.1, 0.15) is 5.75 Å². The number of amides is 1. The van der Waals surface area contributed by atoms with Crippen LogP contribution in [0.15, 0.2) is 66.7 Å². The van der Waals surface area contributed by atoms with Crippen molar-refractivity contribution in [1.82, 2.24) is 0 Å². The van der Waals surface area contributed by atoms with Gasteiger partial charge in [-0.25, -0.2) is 0 Å². The number of carbonyl (C=O) groups is 1. The number of para-hydroxylation sites is 1. The zero-order valence-electron chi connectivity index (χ0n) is 16.0. The molecule has 1 saturated heterocycles. The Balaban J connectivity index is 1.61. The SMILES string of the molecule is COc1ccc(C2CC(=O)N(c3cccc(N)c3)C2)cc1Oc1ccccc1Cl. The van der Waals surface area contributed by atoms with Gasteiger partial charge in [0.2, 0.25) is 5.91 Å². The van der Waals surface area contributed by atoms with Crippen molar-refractivity contribution in [3.63, 3.8) is 0 Å². The highest BCUT2D eigenvalue weighted by atomic mass is 35.5. The van der Waals surface area contributed by atoms with Gasteiger partial charge in [0, 0.05) is 30.3 Å². The fraction of sp³-hybridized carbons (Fsp3) is 0.174. The van der Waals surface area contributed by atoms with Crippen LogP contribution < -0.4 is 20.1 Å². The molecular formula is C23H21ClN2O3. The Morgan fingerprint density at radius 2 is 1.83 bits per heavy atom. The van der Waals surface area contributed by atoms with Crippen LogP contribution in [0.25, 0.3) is 0 Å². The maximum absolute atomic E-state index is 12.6. The summed E-state index contributed by atoms with van der Waals surface area (Å²) in [6, 6.07) is 20.4. The third-order valence-electron chi connectivity index (χ3n) is 5.02. The van der Waals surface area contributed by atoms with Crippen molar-refractivity contribution < 1.29 is 14.3 Å². The van der Waals surface area contributed by atoms with Crippen molar-refractivity contribution in [1.29, 1.82) is 0 Å². The quantitative estimate of drug-likeness (QED) is 0.586. The highest BCUT2D eigenvalue weighted by molar-refractivity contribution is 6.32. The highest BCUT2D eigenvalue weighted by Gasteiger charge is 2.32. The molecule has 148 valence electrons. The molecule has 1 unspecified atom stereocenters. The molecule has 29 heavy (non-hydrogen) atoms. The number of nitrogen functional groups attached to an aromatic ring is 1. The lowest BCUT2D eigenvalue weighted by atomic mass is 9.98. The number of methoxy groups -OCH3 is 1. The molecule has 1 aliphatic heterocycles. The monoisotopic (exact) mass is 408 g/mol. The highest BCUT2D eigenvalue weighted by Crippen LogP contribution is 2.39. The molecule has 5 nitrogen and oxygen atoms in total. The maximum Gasteiger partial charge on any atom is 0.227 e. The van der Waals surface area contributed by atoms with E-state index in [4.69, 9.17) is 26.8 Å². The van der Waals surface area contributed by atoms with Crippen LogP contribution in [-0.2, 0) is 4.79 Å². The second kappa shape index (κ2) is 8.05. The number of rotatable bonds is 5. The molecular weight excluding hydrogens is 388 g/mol. The standard InChI is InChI=1S/C23H21ClN2O3/c1-28-21-10-9-15(11-22(21)29-20-8-3-2-7-19(20)24)16-12-23(27)26(14-16)18-6-4-5-17(25)13-18/h2-11,13,16H,12,14,25H2,1H3. The lowest BCUT2D eigenvalue weighted by Gasteiger charge is -2.18.